The maximum absolute atomic E-state index is 13.2. The highest BCUT2D eigenvalue weighted by atomic mass is 35.5. The molecule has 2 unspecified atom stereocenters. The summed E-state index contributed by atoms with van der Waals surface area (Å²) < 4.78 is 12.9. The van der Waals surface area contributed by atoms with Gasteiger partial charge in [-0.15, -0.1) is 5.10 Å². The number of benzene rings is 4. The maximum atomic E-state index is 13.2. The Labute approximate surface area is 253 Å². The second-order valence-corrected chi connectivity index (χ2v) is 10.8. The van der Waals surface area contributed by atoms with Crippen LogP contribution in [0.25, 0.3) is 11.0 Å². The summed E-state index contributed by atoms with van der Waals surface area (Å²) in [5.41, 5.74) is 5.31. The predicted molar refractivity (Wildman–Crippen MR) is 162 cm³/mol. The van der Waals surface area contributed by atoms with Crippen LogP contribution in [0.3, 0.4) is 0 Å². The average Bonchev–Trinajstić information content (AvgIpc) is 3.43. The van der Waals surface area contributed by atoms with Gasteiger partial charge in [0.1, 0.15) is 17.0 Å². The van der Waals surface area contributed by atoms with Crippen molar-refractivity contribution in [3.05, 3.63) is 118 Å². The average molecular weight is 597 g/mol. The molecule has 0 saturated carbocycles. The number of aliphatic carboxylic acids is 1. The monoisotopic (exact) mass is 596 g/mol. The van der Waals surface area contributed by atoms with Gasteiger partial charge in [0.2, 0.25) is 6.10 Å². The zero-order valence-electron chi connectivity index (χ0n) is 23.4. The van der Waals surface area contributed by atoms with E-state index in [1.165, 1.54) is 18.2 Å². The maximum Gasteiger partial charge on any atom is 0.349 e. The molecule has 0 radical (unpaired) electrons. The number of hydrogen-bond acceptors (Lipinski definition) is 6. The molecule has 10 heteroatoms. The Morgan fingerprint density at radius 1 is 1.07 bits per heavy atom. The summed E-state index contributed by atoms with van der Waals surface area (Å²) in [7, 11) is 1.48. The number of rotatable bonds is 9. The van der Waals surface area contributed by atoms with Crippen LogP contribution in [0.2, 0.25) is 5.02 Å². The fourth-order valence-corrected chi connectivity index (χ4v) is 5.73. The number of carbonyl (C=O) groups excluding carboxylic acids is 1. The summed E-state index contributed by atoms with van der Waals surface area (Å²) in [6.45, 7) is 0.253. The lowest BCUT2D eigenvalue weighted by Crippen LogP contribution is -2.30. The fourth-order valence-electron chi connectivity index (χ4n) is 5.55. The van der Waals surface area contributed by atoms with Gasteiger partial charge >= 0.3 is 5.97 Å². The molecule has 0 aliphatic heterocycles. The molecular formula is C33H29ClN4O5. The number of amides is 1. The number of carboxylic acids is 1. The summed E-state index contributed by atoms with van der Waals surface area (Å²) in [5.74, 6) is -0.579. The Bertz CT molecular complexity index is 1820. The minimum absolute atomic E-state index is 0.0239. The number of para-hydroxylation sites is 1. The van der Waals surface area contributed by atoms with Crippen LogP contribution >= 0.6 is 11.6 Å². The Morgan fingerprint density at radius 2 is 1.88 bits per heavy atom. The molecule has 43 heavy (non-hydrogen) atoms. The number of nitrogens with one attached hydrogen (secondary N) is 1. The highest BCUT2D eigenvalue weighted by Gasteiger charge is 2.26. The Morgan fingerprint density at radius 3 is 2.72 bits per heavy atom. The van der Waals surface area contributed by atoms with Crippen LogP contribution in [-0.4, -0.2) is 39.1 Å². The van der Waals surface area contributed by atoms with Crippen molar-refractivity contribution in [2.24, 2.45) is 0 Å². The summed E-state index contributed by atoms with van der Waals surface area (Å²) in [6.07, 6.45) is 1.67. The van der Waals surface area contributed by atoms with Crippen LogP contribution in [-0.2, 0) is 17.8 Å². The molecule has 1 amide bonds. The van der Waals surface area contributed by atoms with Gasteiger partial charge in [-0.1, -0.05) is 59.3 Å². The van der Waals surface area contributed by atoms with E-state index in [-0.39, 0.29) is 18.5 Å². The van der Waals surface area contributed by atoms with Gasteiger partial charge in [0.05, 0.1) is 25.2 Å². The van der Waals surface area contributed by atoms with E-state index in [1.54, 1.807) is 59.3 Å². The van der Waals surface area contributed by atoms with Gasteiger partial charge in [-0.2, -0.15) is 0 Å². The van der Waals surface area contributed by atoms with Gasteiger partial charge in [-0.25, -0.2) is 9.48 Å². The topological polar surface area (TPSA) is 116 Å². The Kier molecular flexibility index (Phi) is 7.98. The lowest BCUT2D eigenvalue weighted by atomic mass is 9.87. The smallest absolute Gasteiger partial charge is 0.349 e. The zero-order valence-corrected chi connectivity index (χ0v) is 24.1. The van der Waals surface area contributed by atoms with Crippen LogP contribution < -0.4 is 14.8 Å². The lowest BCUT2D eigenvalue weighted by Gasteiger charge is -2.26. The minimum atomic E-state index is -1.29. The van der Waals surface area contributed by atoms with Crippen molar-refractivity contribution >= 4 is 34.5 Å². The largest absolute Gasteiger partial charge is 0.496 e. The standard InChI is InChI=1S/C33H29ClN4O5/c1-42-30-12-5-4-10-25(30)31(33(40)41)43-23-14-15-26(34)22(17-23)19-38-29-16-13-21(18-28(29)36-37-38)32(39)35-27-11-6-8-20-7-2-3-9-24(20)27/h2-5,7,9-10,12-18,27,31H,6,8,11,19H2,1H3,(H,35,39)(H,40,41). The highest BCUT2D eigenvalue weighted by molar-refractivity contribution is 6.31. The van der Waals surface area contributed by atoms with Crippen molar-refractivity contribution in [2.75, 3.05) is 7.11 Å². The minimum Gasteiger partial charge on any atom is -0.496 e. The first-order chi connectivity index (χ1) is 20.9. The molecule has 1 heterocycles. The number of nitrogens with zero attached hydrogens (tertiary/aromatic N) is 3. The van der Waals surface area contributed by atoms with Crippen LogP contribution in [0.15, 0.2) is 84.9 Å². The number of aryl methyl sites for hydroxylation is 1. The van der Waals surface area contributed by atoms with Gasteiger partial charge < -0.3 is 19.9 Å². The Balaban J connectivity index is 1.20. The molecule has 2 N–H and O–H groups in total. The molecule has 218 valence electrons. The SMILES string of the molecule is COc1ccccc1C(Oc1ccc(Cl)c(Cn2nnc3cc(C(=O)NC4CCCc5ccccc54)ccc32)c1)C(=O)O. The summed E-state index contributed by atoms with van der Waals surface area (Å²) >= 11 is 6.52. The third-order valence-corrected chi connectivity index (χ3v) is 8.06. The van der Waals surface area contributed by atoms with E-state index >= 15 is 0 Å². The third-order valence-electron chi connectivity index (χ3n) is 7.69. The first-order valence-corrected chi connectivity index (χ1v) is 14.3. The van der Waals surface area contributed by atoms with Crippen molar-refractivity contribution in [1.82, 2.24) is 20.3 Å². The zero-order chi connectivity index (χ0) is 29.9. The van der Waals surface area contributed by atoms with Gasteiger partial charge in [0, 0.05) is 16.1 Å². The molecule has 9 nitrogen and oxygen atoms in total. The van der Waals surface area contributed by atoms with Gasteiger partial charge in [-0.3, -0.25) is 4.79 Å². The summed E-state index contributed by atoms with van der Waals surface area (Å²) in [5, 5.41) is 22.1. The van der Waals surface area contributed by atoms with Crippen molar-refractivity contribution in [2.45, 2.75) is 38.0 Å². The molecule has 0 bridgehead atoms. The molecule has 0 fully saturated rings. The summed E-state index contributed by atoms with van der Waals surface area (Å²) in [6, 6.07) is 25.3. The van der Waals surface area contributed by atoms with E-state index in [2.05, 4.69) is 27.8 Å². The normalized spacial score (nSPS) is 15.0. The van der Waals surface area contributed by atoms with Crippen LogP contribution in [0.4, 0.5) is 0 Å². The highest BCUT2D eigenvalue weighted by Crippen LogP contribution is 2.32. The number of hydrogen-bond donors (Lipinski definition) is 2. The van der Waals surface area contributed by atoms with E-state index in [9.17, 15) is 14.7 Å². The number of carbonyl (C=O) groups is 2. The molecule has 2 atom stereocenters. The number of aromatic nitrogens is 3. The van der Waals surface area contributed by atoms with Gasteiger partial charge in [0.15, 0.2) is 0 Å². The molecule has 4 aromatic carbocycles. The molecule has 0 spiro atoms. The molecular weight excluding hydrogens is 568 g/mol. The van der Waals surface area contributed by atoms with Gasteiger partial charge in [0.25, 0.3) is 5.91 Å². The second kappa shape index (κ2) is 12.1. The molecule has 5 aromatic rings. The van der Waals surface area contributed by atoms with Crippen molar-refractivity contribution < 1.29 is 24.2 Å². The van der Waals surface area contributed by atoms with Gasteiger partial charge in [-0.05, 0) is 78.4 Å². The molecule has 0 saturated heterocycles. The van der Waals surface area contributed by atoms with E-state index in [4.69, 9.17) is 21.1 Å². The second-order valence-electron chi connectivity index (χ2n) is 10.4. The van der Waals surface area contributed by atoms with E-state index in [0.717, 1.165) is 24.8 Å². The molecule has 6 rings (SSSR count). The first-order valence-electron chi connectivity index (χ1n) is 13.9. The number of ether oxygens (including phenoxy) is 2. The molecule has 1 aliphatic rings. The predicted octanol–water partition coefficient (Wildman–Crippen LogP) is 6.15. The van der Waals surface area contributed by atoms with Crippen molar-refractivity contribution in [3.8, 4) is 11.5 Å². The fraction of sp³-hybridized carbons (Fsp3) is 0.212. The van der Waals surface area contributed by atoms with E-state index in [1.807, 2.05) is 18.2 Å². The number of fused-ring (bicyclic) bond motifs is 2. The first kappa shape index (κ1) is 28.2. The third kappa shape index (κ3) is 5.89. The quantitative estimate of drug-likeness (QED) is 0.209. The number of halogens is 1. The molecule has 1 aromatic heterocycles. The lowest BCUT2D eigenvalue weighted by molar-refractivity contribution is -0.145. The van der Waals surface area contributed by atoms with E-state index < -0.39 is 12.1 Å². The summed E-state index contributed by atoms with van der Waals surface area (Å²) in [4.78, 5) is 25.3. The van der Waals surface area contributed by atoms with E-state index in [0.29, 0.717) is 38.7 Å². The van der Waals surface area contributed by atoms with Crippen LogP contribution in [0, 0.1) is 0 Å². The van der Waals surface area contributed by atoms with Crippen LogP contribution in [0.1, 0.15) is 57.6 Å². The Hall–Kier alpha value is -4.89. The number of carboxylic acid groups (broad SMARTS) is 1. The molecule has 1 aliphatic carbocycles. The van der Waals surface area contributed by atoms with Crippen molar-refractivity contribution in [1.29, 1.82) is 0 Å². The number of methoxy groups -OCH3 is 1. The van der Waals surface area contributed by atoms with Crippen molar-refractivity contribution in [3.63, 3.8) is 0 Å². The van der Waals surface area contributed by atoms with Crippen LogP contribution in [0.5, 0.6) is 11.5 Å².